The topological polar surface area (TPSA) is 51.3 Å². The molecule has 80 valence electrons. The molecule has 1 aromatic carbocycles. The summed E-state index contributed by atoms with van der Waals surface area (Å²) in [5, 5.41) is 0.583. The number of para-hydroxylation sites is 1. The molecule has 0 atom stereocenters. The normalized spacial score (nSPS) is 11.4. The standard InChI is InChI=1S/C12H10ClN3/c13-10-3-1-2-4-11(10)16-12(14)9-5-7-15-8-6-9/h1-8H,(H2,14,16). The molecule has 3 nitrogen and oxygen atoms in total. The molecular formula is C12H10ClN3. The highest BCUT2D eigenvalue weighted by molar-refractivity contribution is 6.33. The number of nitrogens with zero attached hydrogens (tertiary/aromatic N) is 2. The van der Waals surface area contributed by atoms with Gasteiger partial charge in [-0.05, 0) is 24.3 Å². The van der Waals surface area contributed by atoms with Crippen LogP contribution in [0, 0.1) is 0 Å². The number of nitrogens with two attached hydrogens (primary N) is 1. The van der Waals surface area contributed by atoms with Gasteiger partial charge in [-0.3, -0.25) is 4.98 Å². The zero-order valence-corrected chi connectivity index (χ0v) is 9.22. The van der Waals surface area contributed by atoms with Crippen LogP contribution in [0.2, 0.25) is 5.02 Å². The van der Waals surface area contributed by atoms with Gasteiger partial charge in [0.05, 0.1) is 10.7 Å². The first-order valence-electron chi connectivity index (χ1n) is 4.76. The van der Waals surface area contributed by atoms with E-state index in [1.54, 1.807) is 30.6 Å². The van der Waals surface area contributed by atoms with E-state index in [4.69, 9.17) is 17.3 Å². The summed E-state index contributed by atoms with van der Waals surface area (Å²) in [6.07, 6.45) is 3.34. The number of hydrogen-bond donors (Lipinski definition) is 1. The average Bonchev–Trinajstić information content (AvgIpc) is 2.33. The first-order chi connectivity index (χ1) is 7.77. The van der Waals surface area contributed by atoms with E-state index in [1.165, 1.54) is 0 Å². The first-order valence-corrected chi connectivity index (χ1v) is 5.14. The van der Waals surface area contributed by atoms with Crippen LogP contribution in [-0.2, 0) is 0 Å². The summed E-state index contributed by atoms with van der Waals surface area (Å²) < 4.78 is 0. The molecule has 0 spiro atoms. The number of pyridine rings is 1. The molecule has 1 heterocycles. The predicted molar refractivity (Wildman–Crippen MR) is 66.1 cm³/mol. The Morgan fingerprint density at radius 1 is 1.12 bits per heavy atom. The minimum atomic E-state index is 0.426. The highest BCUT2D eigenvalue weighted by Crippen LogP contribution is 2.23. The lowest BCUT2D eigenvalue weighted by atomic mass is 10.2. The fourth-order valence-electron chi connectivity index (χ4n) is 1.26. The molecule has 0 radical (unpaired) electrons. The van der Waals surface area contributed by atoms with Crippen molar-refractivity contribution in [2.24, 2.45) is 10.7 Å². The number of rotatable bonds is 2. The molecule has 0 amide bonds. The van der Waals surface area contributed by atoms with Crippen molar-refractivity contribution < 1.29 is 0 Å². The van der Waals surface area contributed by atoms with Crippen molar-refractivity contribution in [2.75, 3.05) is 0 Å². The monoisotopic (exact) mass is 231 g/mol. The van der Waals surface area contributed by atoms with Crippen LogP contribution < -0.4 is 5.73 Å². The summed E-state index contributed by atoms with van der Waals surface area (Å²) in [5.41, 5.74) is 7.35. The largest absolute Gasteiger partial charge is 0.383 e. The summed E-state index contributed by atoms with van der Waals surface area (Å²) in [6, 6.07) is 10.9. The number of halogens is 1. The molecule has 2 aromatic rings. The quantitative estimate of drug-likeness (QED) is 0.638. The number of aromatic nitrogens is 1. The summed E-state index contributed by atoms with van der Waals surface area (Å²) in [4.78, 5) is 8.18. The van der Waals surface area contributed by atoms with Crippen LogP contribution in [0.25, 0.3) is 0 Å². The van der Waals surface area contributed by atoms with Crippen LogP contribution in [0.5, 0.6) is 0 Å². The van der Waals surface area contributed by atoms with Gasteiger partial charge in [0.25, 0.3) is 0 Å². The van der Waals surface area contributed by atoms with Gasteiger partial charge in [0.15, 0.2) is 0 Å². The molecule has 0 bridgehead atoms. The maximum Gasteiger partial charge on any atom is 0.131 e. The van der Waals surface area contributed by atoms with Crippen LogP contribution >= 0.6 is 11.6 Å². The highest BCUT2D eigenvalue weighted by Gasteiger charge is 2.00. The molecule has 0 aliphatic heterocycles. The Bertz CT molecular complexity index is 509. The number of hydrogen-bond acceptors (Lipinski definition) is 2. The molecule has 2 N–H and O–H groups in total. The fraction of sp³-hybridized carbons (Fsp3) is 0. The van der Waals surface area contributed by atoms with Crippen LogP contribution in [0.4, 0.5) is 5.69 Å². The Hall–Kier alpha value is -1.87. The van der Waals surface area contributed by atoms with E-state index in [2.05, 4.69) is 9.98 Å². The molecule has 0 fully saturated rings. The number of benzene rings is 1. The summed E-state index contributed by atoms with van der Waals surface area (Å²) in [7, 11) is 0. The van der Waals surface area contributed by atoms with Crippen molar-refractivity contribution in [2.45, 2.75) is 0 Å². The van der Waals surface area contributed by atoms with Crippen molar-refractivity contribution in [1.29, 1.82) is 0 Å². The molecule has 1 aromatic heterocycles. The average molecular weight is 232 g/mol. The first kappa shape index (κ1) is 10.6. The smallest absolute Gasteiger partial charge is 0.131 e. The second-order valence-corrected chi connectivity index (χ2v) is 3.59. The Kier molecular flexibility index (Phi) is 3.17. The molecular weight excluding hydrogens is 222 g/mol. The zero-order chi connectivity index (χ0) is 11.4. The third-order valence-corrected chi connectivity index (χ3v) is 2.39. The molecule has 0 aliphatic carbocycles. The molecule has 0 saturated carbocycles. The van der Waals surface area contributed by atoms with E-state index < -0.39 is 0 Å². The van der Waals surface area contributed by atoms with Gasteiger partial charge in [0, 0.05) is 18.0 Å². The SMILES string of the molecule is NC(=Nc1ccccc1Cl)c1ccncc1. The van der Waals surface area contributed by atoms with Crippen molar-refractivity contribution in [3.8, 4) is 0 Å². The molecule has 0 saturated heterocycles. The zero-order valence-electron chi connectivity index (χ0n) is 8.47. The number of amidine groups is 1. The summed E-state index contributed by atoms with van der Waals surface area (Å²) >= 11 is 5.98. The van der Waals surface area contributed by atoms with Gasteiger partial charge in [0.2, 0.25) is 0 Å². The van der Waals surface area contributed by atoms with E-state index in [-0.39, 0.29) is 0 Å². The Morgan fingerprint density at radius 2 is 1.81 bits per heavy atom. The van der Waals surface area contributed by atoms with E-state index >= 15 is 0 Å². The fourth-order valence-corrected chi connectivity index (χ4v) is 1.44. The van der Waals surface area contributed by atoms with Gasteiger partial charge >= 0.3 is 0 Å². The van der Waals surface area contributed by atoms with Gasteiger partial charge in [0.1, 0.15) is 5.84 Å². The third-order valence-electron chi connectivity index (χ3n) is 2.07. The lowest BCUT2D eigenvalue weighted by molar-refractivity contribution is 1.31. The second kappa shape index (κ2) is 4.77. The van der Waals surface area contributed by atoms with Gasteiger partial charge in [-0.25, -0.2) is 4.99 Å². The van der Waals surface area contributed by atoms with Crippen LogP contribution in [0.3, 0.4) is 0 Å². The molecule has 0 unspecified atom stereocenters. The lowest BCUT2D eigenvalue weighted by Crippen LogP contribution is -2.12. The van der Waals surface area contributed by atoms with Crippen LogP contribution in [0.1, 0.15) is 5.56 Å². The molecule has 4 heteroatoms. The molecule has 16 heavy (non-hydrogen) atoms. The van der Waals surface area contributed by atoms with Gasteiger partial charge in [-0.2, -0.15) is 0 Å². The van der Waals surface area contributed by atoms with Crippen molar-refractivity contribution in [3.63, 3.8) is 0 Å². The van der Waals surface area contributed by atoms with Crippen molar-refractivity contribution in [1.82, 2.24) is 4.98 Å². The maximum absolute atomic E-state index is 5.98. The maximum atomic E-state index is 5.98. The number of aliphatic imine (C=N–C) groups is 1. The van der Waals surface area contributed by atoms with Crippen LogP contribution in [-0.4, -0.2) is 10.8 Å². The third kappa shape index (κ3) is 2.38. The lowest BCUT2D eigenvalue weighted by Gasteiger charge is -2.01. The van der Waals surface area contributed by atoms with E-state index in [0.717, 1.165) is 5.56 Å². The van der Waals surface area contributed by atoms with Crippen molar-refractivity contribution in [3.05, 3.63) is 59.4 Å². The summed E-state index contributed by atoms with van der Waals surface area (Å²) in [5.74, 6) is 0.426. The van der Waals surface area contributed by atoms with Crippen molar-refractivity contribution >= 4 is 23.1 Å². The highest BCUT2D eigenvalue weighted by atomic mass is 35.5. The Labute approximate surface area is 98.6 Å². The van der Waals surface area contributed by atoms with Gasteiger partial charge in [-0.15, -0.1) is 0 Å². The minimum Gasteiger partial charge on any atom is -0.383 e. The van der Waals surface area contributed by atoms with E-state index in [9.17, 15) is 0 Å². The Morgan fingerprint density at radius 3 is 2.50 bits per heavy atom. The van der Waals surface area contributed by atoms with Gasteiger partial charge < -0.3 is 5.73 Å². The molecule has 0 aliphatic rings. The van der Waals surface area contributed by atoms with Gasteiger partial charge in [-0.1, -0.05) is 23.7 Å². The van der Waals surface area contributed by atoms with Crippen LogP contribution in [0.15, 0.2) is 53.8 Å². The minimum absolute atomic E-state index is 0.426. The van der Waals surface area contributed by atoms with E-state index in [0.29, 0.717) is 16.5 Å². The summed E-state index contributed by atoms with van der Waals surface area (Å²) in [6.45, 7) is 0. The second-order valence-electron chi connectivity index (χ2n) is 3.18. The predicted octanol–water partition coefficient (Wildman–Crippen LogP) is 2.77. The molecule has 2 rings (SSSR count). The Balaban J connectivity index is 2.36. The van der Waals surface area contributed by atoms with E-state index in [1.807, 2.05) is 18.2 Å².